The Balaban J connectivity index is 1.94. The molecule has 1 unspecified atom stereocenters. The van der Waals surface area contributed by atoms with E-state index in [4.69, 9.17) is 9.47 Å². The van der Waals surface area contributed by atoms with Crippen LogP contribution < -0.4 is 20.1 Å². The molecule has 1 amide bonds. The van der Waals surface area contributed by atoms with Gasteiger partial charge in [0.05, 0.1) is 14.2 Å². The first kappa shape index (κ1) is 14.7. The molecule has 1 saturated heterocycles. The minimum absolute atomic E-state index is 0.0727. The van der Waals surface area contributed by atoms with Crippen LogP contribution in [-0.4, -0.2) is 39.8 Å². The molecule has 2 N–H and O–H groups in total. The van der Waals surface area contributed by atoms with Crippen molar-refractivity contribution >= 4 is 5.91 Å². The summed E-state index contributed by atoms with van der Waals surface area (Å²) in [5, 5.41) is 6.33. The Morgan fingerprint density at radius 1 is 1.35 bits per heavy atom. The van der Waals surface area contributed by atoms with E-state index in [0.29, 0.717) is 29.5 Å². The Labute approximate surface area is 119 Å². The number of hydrogen-bond donors (Lipinski definition) is 2. The third kappa shape index (κ3) is 3.63. The summed E-state index contributed by atoms with van der Waals surface area (Å²) in [6, 6.07) is 5.19. The van der Waals surface area contributed by atoms with Gasteiger partial charge in [0.1, 0.15) is 0 Å². The number of hydrogen-bond acceptors (Lipinski definition) is 4. The van der Waals surface area contributed by atoms with E-state index in [1.807, 2.05) is 0 Å². The van der Waals surface area contributed by atoms with Crippen LogP contribution in [0.2, 0.25) is 0 Å². The zero-order valence-corrected chi connectivity index (χ0v) is 12.1. The van der Waals surface area contributed by atoms with Crippen molar-refractivity contribution in [2.24, 2.45) is 5.92 Å². The second kappa shape index (κ2) is 7.14. The molecular weight excluding hydrogens is 256 g/mol. The maximum atomic E-state index is 12.1. The van der Waals surface area contributed by atoms with Crippen LogP contribution in [0.4, 0.5) is 0 Å². The molecule has 5 nitrogen and oxygen atoms in total. The molecule has 1 aromatic carbocycles. The minimum Gasteiger partial charge on any atom is -0.493 e. The topological polar surface area (TPSA) is 59.6 Å². The molecule has 2 rings (SSSR count). The van der Waals surface area contributed by atoms with E-state index in [1.54, 1.807) is 32.4 Å². The average molecular weight is 278 g/mol. The SMILES string of the molecule is COc1ccc(C(=O)NCC2CCCNC2)cc1OC. The van der Waals surface area contributed by atoms with Gasteiger partial charge in [0.15, 0.2) is 11.5 Å². The zero-order valence-electron chi connectivity index (χ0n) is 12.1. The van der Waals surface area contributed by atoms with E-state index in [1.165, 1.54) is 12.8 Å². The van der Waals surface area contributed by atoms with Crippen molar-refractivity contribution in [1.29, 1.82) is 0 Å². The summed E-state index contributed by atoms with van der Waals surface area (Å²) in [4.78, 5) is 12.1. The molecular formula is C15H22N2O3. The highest BCUT2D eigenvalue weighted by Gasteiger charge is 2.15. The molecule has 0 radical (unpaired) electrons. The molecule has 0 bridgehead atoms. The first-order valence-corrected chi connectivity index (χ1v) is 6.95. The quantitative estimate of drug-likeness (QED) is 0.855. The Kier molecular flexibility index (Phi) is 5.24. The summed E-state index contributed by atoms with van der Waals surface area (Å²) >= 11 is 0. The van der Waals surface area contributed by atoms with Crippen LogP contribution in [0.1, 0.15) is 23.2 Å². The van der Waals surface area contributed by atoms with Crippen molar-refractivity contribution in [1.82, 2.24) is 10.6 Å². The number of rotatable bonds is 5. The van der Waals surface area contributed by atoms with Crippen LogP contribution in [0.5, 0.6) is 11.5 Å². The maximum Gasteiger partial charge on any atom is 0.251 e. The number of carbonyl (C=O) groups excluding carboxylic acids is 1. The summed E-state index contributed by atoms with van der Waals surface area (Å²) in [5.41, 5.74) is 0.589. The molecule has 1 aliphatic heterocycles. The largest absolute Gasteiger partial charge is 0.493 e. The lowest BCUT2D eigenvalue weighted by Crippen LogP contribution is -2.38. The summed E-state index contributed by atoms with van der Waals surface area (Å²) in [7, 11) is 3.14. The molecule has 1 atom stereocenters. The average Bonchev–Trinajstić information content (AvgIpc) is 2.52. The van der Waals surface area contributed by atoms with Crippen molar-refractivity contribution in [2.75, 3.05) is 33.9 Å². The monoisotopic (exact) mass is 278 g/mol. The summed E-state index contributed by atoms with van der Waals surface area (Å²) < 4.78 is 10.4. The van der Waals surface area contributed by atoms with Crippen molar-refractivity contribution < 1.29 is 14.3 Å². The second-order valence-electron chi connectivity index (χ2n) is 4.99. The molecule has 5 heteroatoms. The molecule has 0 aliphatic carbocycles. The second-order valence-corrected chi connectivity index (χ2v) is 4.99. The minimum atomic E-state index is -0.0727. The van der Waals surface area contributed by atoms with Gasteiger partial charge in [0.25, 0.3) is 5.91 Å². The molecule has 0 saturated carbocycles. The van der Waals surface area contributed by atoms with Gasteiger partial charge in [-0.15, -0.1) is 0 Å². The fourth-order valence-corrected chi connectivity index (χ4v) is 2.41. The first-order valence-electron chi connectivity index (χ1n) is 6.95. The van der Waals surface area contributed by atoms with E-state index < -0.39 is 0 Å². The molecule has 1 aromatic rings. The lowest BCUT2D eigenvalue weighted by atomic mass is 9.99. The number of carbonyl (C=O) groups is 1. The molecule has 20 heavy (non-hydrogen) atoms. The highest BCUT2D eigenvalue weighted by Crippen LogP contribution is 2.27. The number of nitrogens with one attached hydrogen (secondary N) is 2. The predicted molar refractivity (Wildman–Crippen MR) is 77.5 cm³/mol. The highest BCUT2D eigenvalue weighted by atomic mass is 16.5. The Hall–Kier alpha value is -1.75. The third-order valence-corrected chi connectivity index (χ3v) is 3.60. The van der Waals surface area contributed by atoms with E-state index in [9.17, 15) is 4.79 Å². The van der Waals surface area contributed by atoms with Crippen LogP contribution in [0.15, 0.2) is 18.2 Å². The van der Waals surface area contributed by atoms with E-state index in [0.717, 1.165) is 13.1 Å². The Morgan fingerprint density at radius 2 is 2.15 bits per heavy atom. The maximum absolute atomic E-state index is 12.1. The summed E-state index contributed by atoms with van der Waals surface area (Å²) in [6.45, 7) is 2.77. The Bertz CT molecular complexity index is 456. The number of ether oxygens (including phenoxy) is 2. The van der Waals surface area contributed by atoms with Gasteiger partial charge in [-0.1, -0.05) is 0 Å². The van der Waals surface area contributed by atoms with Crippen molar-refractivity contribution in [2.45, 2.75) is 12.8 Å². The van der Waals surface area contributed by atoms with Gasteiger partial charge in [0.2, 0.25) is 0 Å². The standard InChI is InChI=1S/C15H22N2O3/c1-19-13-6-5-12(8-14(13)20-2)15(18)17-10-11-4-3-7-16-9-11/h5-6,8,11,16H,3-4,7,9-10H2,1-2H3,(H,17,18). The van der Waals surface area contributed by atoms with Crippen LogP contribution >= 0.6 is 0 Å². The summed E-state index contributed by atoms with van der Waals surface area (Å²) in [6.07, 6.45) is 2.34. The van der Waals surface area contributed by atoms with E-state index >= 15 is 0 Å². The third-order valence-electron chi connectivity index (χ3n) is 3.60. The molecule has 0 aromatic heterocycles. The molecule has 1 heterocycles. The van der Waals surface area contributed by atoms with Crippen molar-refractivity contribution in [3.8, 4) is 11.5 Å². The number of methoxy groups -OCH3 is 2. The molecule has 110 valence electrons. The highest BCUT2D eigenvalue weighted by molar-refractivity contribution is 5.94. The van der Waals surface area contributed by atoms with Gasteiger partial charge in [-0.2, -0.15) is 0 Å². The molecule has 0 spiro atoms. The number of amides is 1. The van der Waals surface area contributed by atoms with Gasteiger partial charge in [-0.25, -0.2) is 0 Å². The van der Waals surface area contributed by atoms with E-state index in [2.05, 4.69) is 10.6 Å². The molecule has 1 aliphatic rings. The van der Waals surface area contributed by atoms with Crippen LogP contribution in [0, 0.1) is 5.92 Å². The first-order chi connectivity index (χ1) is 9.74. The normalized spacial score (nSPS) is 18.4. The molecule has 1 fully saturated rings. The smallest absolute Gasteiger partial charge is 0.251 e. The number of benzene rings is 1. The van der Waals surface area contributed by atoms with E-state index in [-0.39, 0.29) is 5.91 Å². The van der Waals surface area contributed by atoms with Crippen LogP contribution in [-0.2, 0) is 0 Å². The van der Waals surface area contributed by atoms with Gasteiger partial charge in [0, 0.05) is 12.1 Å². The van der Waals surface area contributed by atoms with Gasteiger partial charge in [-0.05, 0) is 50.0 Å². The van der Waals surface area contributed by atoms with Gasteiger partial charge in [-0.3, -0.25) is 4.79 Å². The van der Waals surface area contributed by atoms with Crippen molar-refractivity contribution in [3.63, 3.8) is 0 Å². The fourth-order valence-electron chi connectivity index (χ4n) is 2.41. The van der Waals surface area contributed by atoms with Crippen molar-refractivity contribution in [3.05, 3.63) is 23.8 Å². The van der Waals surface area contributed by atoms with Gasteiger partial charge >= 0.3 is 0 Å². The predicted octanol–water partition coefficient (Wildman–Crippen LogP) is 1.43. The fraction of sp³-hybridized carbons (Fsp3) is 0.533. The lowest BCUT2D eigenvalue weighted by molar-refractivity contribution is 0.0944. The zero-order chi connectivity index (χ0) is 14.4. The lowest BCUT2D eigenvalue weighted by Gasteiger charge is -2.22. The van der Waals surface area contributed by atoms with Crippen LogP contribution in [0.25, 0.3) is 0 Å². The number of piperidine rings is 1. The summed E-state index contributed by atoms with van der Waals surface area (Å²) in [5.74, 6) is 1.64. The van der Waals surface area contributed by atoms with Crippen LogP contribution in [0.3, 0.4) is 0 Å². The Morgan fingerprint density at radius 3 is 2.80 bits per heavy atom. The van der Waals surface area contributed by atoms with Gasteiger partial charge < -0.3 is 20.1 Å².